The van der Waals surface area contributed by atoms with Gasteiger partial charge < -0.3 is 5.32 Å². The molecule has 1 unspecified atom stereocenters. The highest BCUT2D eigenvalue weighted by molar-refractivity contribution is 7.10. The lowest BCUT2D eigenvalue weighted by molar-refractivity contribution is 0.519. The number of nitrogens with zero attached hydrogens (tertiary/aromatic N) is 2. The summed E-state index contributed by atoms with van der Waals surface area (Å²) in [5.41, 5.74) is 3.46. The van der Waals surface area contributed by atoms with Gasteiger partial charge in [-0.05, 0) is 43.8 Å². The molecule has 0 spiro atoms. The zero-order chi connectivity index (χ0) is 14.7. The third-order valence-electron chi connectivity index (χ3n) is 3.39. The number of hydrogen-bond donors (Lipinski definition) is 1. The van der Waals surface area contributed by atoms with E-state index in [2.05, 4.69) is 35.7 Å². The summed E-state index contributed by atoms with van der Waals surface area (Å²) in [6, 6.07) is 2.41. The van der Waals surface area contributed by atoms with Crippen LogP contribution < -0.4 is 5.32 Å². The molecule has 5 heteroatoms. The Hall–Kier alpha value is -0.840. The van der Waals surface area contributed by atoms with Crippen molar-refractivity contribution < 1.29 is 0 Å². The fourth-order valence-corrected chi connectivity index (χ4v) is 3.73. The van der Waals surface area contributed by atoms with Crippen molar-refractivity contribution >= 4 is 22.9 Å². The zero-order valence-corrected chi connectivity index (χ0v) is 14.1. The highest BCUT2D eigenvalue weighted by Crippen LogP contribution is 2.34. The van der Waals surface area contributed by atoms with Crippen LogP contribution in [0, 0.1) is 13.8 Å². The molecule has 2 aromatic heterocycles. The molecule has 1 N–H and O–H groups in total. The normalized spacial score (nSPS) is 12.8. The van der Waals surface area contributed by atoms with Gasteiger partial charge in [-0.3, -0.25) is 4.68 Å². The maximum Gasteiger partial charge on any atom is 0.0596 e. The lowest BCUT2D eigenvalue weighted by atomic mass is 10.1. The molecule has 0 aromatic carbocycles. The van der Waals surface area contributed by atoms with Crippen molar-refractivity contribution in [2.24, 2.45) is 7.05 Å². The van der Waals surface area contributed by atoms with Gasteiger partial charge in [0.15, 0.2) is 0 Å². The Kier molecular flexibility index (Phi) is 5.24. The smallest absolute Gasteiger partial charge is 0.0596 e. The molecule has 0 aliphatic heterocycles. The van der Waals surface area contributed by atoms with Gasteiger partial charge >= 0.3 is 0 Å². The van der Waals surface area contributed by atoms with Gasteiger partial charge in [0.25, 0.3) is 0 Å². The number of aromatic nitrogens is 2. The van der Waals surface area contributed by atoms with Crippen LogP contribution in [0.1, 0.15) is 41.2 Å². The Bertz CT molecular complexity index is 574. The summed E-state index contributed by atoms with van der Waals surface area (Å²) in [6.45, 7) is 7.27. The van der Waals surface area contributed by atoms with E-state index in [1.807, 2.05) is 18.7 Å². The molecule has 2 aromatic rings. The van der Waals surface area contributed by atoms with Crippen molar-refractivity contribution in [2.45, 2.75) is 39.7 Å². The number of thiophene rings is 1. The molecule has 0 saturated carbocycles. The van der Waals surface area contributed by atoms with E-state index < -0.39 is 0 Å². The van der Waals surface area contributed by atoms with E-state index in [9.17, 15) is 0 Å². The van der Waals surface area contributed by atoms with Crippen LogP contribution in [0.4, 0.5) is 0 Å². The van der Waals surface area contributed by atoms with Crippen LogP contribution in [0.3, 0.4) is 0 Å². The Morgan fingerprint density at radius 1 is 1.45 bits per heavy atom. The number of rotatable bonds is 6. The van der Waals surface area contributed by atoms with E-state index in [4.69, 9.17) is 11.6 Å². The number of halogens is 1. The standard InChI is InChI=1S/C15H22ClN3S/c1-5-6-17-13(15-14(16)10(2)9-20-15)8-12-7-11(3)18-19(12)4/h7,9,13,17H,5-6,8H2,1-4H3. The summed E-state index contributed by atoms with van der Waals surface area (Å²) in [5.74, 6) is 0. The van der Waals surface area contributed by atoms with E-state index in [-0.39, 0.29) is 6.04 Å². The first-order chi connectivity index (χ1) is 9.52. The lowest BCUT2D eigenvalue weighted by Crippen LogP contribution is -2.24. The molecule has 0 radical (unpaired) electrons. The van der Waals surface area contributed by atoms with Crippen molar-refractivity contribution in [3.8, 4) is 0 Å². The summed E-state index contributed by atoms with van der Waals surface area (Å²) in [5, 5.41) is 11.1. The van der Waals surface area contributed by atoms with Gasteiger partial charge in [-0.1, -0.05) is 18.5 Å². The predicted molar refractivity (Wildman–Crippen MR) is 86.7 cm³/mol. The van der Waals surface area contributed by atoms with Gasteiger partial charge in [-0.25, -0.2) is 0 Å². The topological polar surface area (TPSA) is 29.9 Å². The number of nitrogens with one attached hydrogen (secondary N) is 1. The quantitative estimate of drug-likeness (QED) is 0.872. The predicted octanol–water partition coefficient (Wildman–Crippen LogP) is 4.04. The van der Waals surface area contributed by atoms with E-state index in [0.717, 1.165) is 35.7 Å². The second-order valence-electron chi connectivity index (χ2n) is 5.21. The van der Waals surface area contributed by atoms with Gasteiger partial charge in [-0.15, -0.1) is 11.3 Å². The van der Waals surface area contributed by atoms with Gasteiger partial charge in [0.1, 0.15) is 0 Å². The average molecular weight is 312 g/mol. The molecule has 0 bridgehead atoms. The van der Waals surface area contributed by atoms with Crippen LogP contribution >= 0.6 is 22.9 Å². The third kappa shape index (κ3) is 3.43. The molecule has 0 saturated heterocycles. The van der Waals surface area contributed by atoms with Crippen LogP contribution in [-0.4, -0.2) is 16.3 Å². The van der Waals surface area contributed by atoms with Crippen molar-refractivity contribution in [3.05, 3.63) is 38.3 Å². The summed E-state index contributed by atoms with van der Waals surface area (Å²) >= 11 is 8.18. The van der Waals surface area contributed by atoms with Gasteiger partial charge in [-0.2, -0.15) is 5.10 Å². The number of hydrogen-bond acceptors (Lipinski definition) is 3. The van der Waals surface area contributed by atoms with E-state index in [0.29, 0.717) is 0 Å². The maximum atomic E-state index is 6.44. The van der Waals surface area contributed by atoms with Crippen LogP contribution in [0.2, 0.25) is 5.02 Å². The molecule has 2 heterocycles. The van der Waals surface area contributed by atoms with Gasteiger partial charge in [0, 0.05) is 30.1 Å². The Balaban J connectivity index is 2.23. The summed E-state index contributed by atoms with van der Waals surface area (Å²) in [6.07, 6.45) is 2.03. The van der Waals surface area contributed by atoms with Gasteiger partial charge in [0.05, 0.1) is 10.7 Å². The van der Waals surface area contributed by atoms with Crippen molar-refractivity contribution in [1.29, 1.82) is 0 Å². The largest absolute Gasteiger partial charge is 0.309 e. The van der Waals surface area contributed by atoms with Gasteiger partial charge in [0.2, 0.25) is 0 Å². The first-order valence-corrected chi connectivity index (χ1v) is 8.25. The molecule has 110 valence electrons. The van der Waals surface area contributed by atoms with Crippen LogP contribution in [0.5, 0.6) is 0 Å². The second kappa shape index (κ2) is 6.74. The fourth-order valence-electron chi connectivity index (χ4n) is 2.33. The van der Waals surface area contributed by atoms with E-state index >= 15 is 0 Å². The minimum Gasteiger partial charge on any atom is -0.309 e. The first kappa shape index (κ1) is 15.5. The van der Waals surface area contributed by atoms with Crippen molar-refractivity contribution in [1.82, 2.24) is 15.1 Å². The van der Waals surface area contributed by atoms with E-state index in [1.54, 1.807) is 11.3 Å². The second-order valence-corrected chi connectivity index (χ2v) is 6.50. The molecule has 0 fully saturated rings. The Morgan fingerprint density at radius 3 is 2.70 bits per heavy atom. The number of aryl methyl sites for hydroxylation is 3. The summed E-state index contributed by atoms with van der Waals surface area (Å²) < 4.78 is 1.96. The highest BCUT2D eigenvalue weighted by Gasteiger charge is 2.19. The Morgan fingerprint density at radius 2 is 2.20 bits per heavy atom. The van der Waals surface area contributed by atoms with Crippen LogP contribution in [0.25, 0.3) is 0 Å². The zero-order valence-electron chi connectivity index (χ0n) is 12.5. The summed E-state index contributed by atoms with van der Waals surface area (Å²) in [4.78, 5) is 1.23. The minimum atomic E-state index is 0.260. The molecule has 0 amide bonds. The van der Waals surface area contributed by atoms with Crippen LogP contribution in [0.15, 0.2) is 11.4 Å². The summed E-state index contributed by atoms with van der Waals surface area (Å²) in [7, 11) is 2.00. The van der Waals surface area contributed by atoms with Crippen molar-refractivity contribution in [2.75, 3.05) is 6.54 Å². The van der Waals surface area contributed by atoms with E-state index in [1.165, 1.54) is 10.6 Å². The SMILES string of the molecule is CCCNC(Cc1cc(C)nn1C)c1scc(C)c1Cl. The molecule has 0 aliphatic rings. The average Bonchev–Trinajstić information content (AvgIpc) is 2.89. The van der Waals surface area contributed by atoms with Crippen LogP contribution in [-0.2, 0) is 13.5 Å². The molecule has 0 aliphatic carbocycles. The maximum absolute atomic E-state index is 6.44. The van der Waals surface area contributed by atoms with Crippen molar-refractivity contribution in [3.63, 3.8) is 0 Å². The molecular formula is C15H22ClN3S. The fraction of sp³-hybridized carbons (Fsp3) is 0.533. The molecular weight excluding hydrogens is 290 g/mol. The molecule has 3 nitrogen and oxygen atoms in total. The lowest BCUT2D eigenvalue weighted by Gasteiger charge is -2.18. The Labute approximate surface area is 130 Å². The molecule has 20 heavy (non-hydrogen) atoms. The third-order valence-corrected chi connectivity index (χ3v) is 5.22. The highest BCUT2D eigenvalue weighted by atomic mass is 35.5. The molecule has 1 atom stereocenters. The molecule has 2 rings (SSSR count). The monoisotopic (exact) mass is 311 g/mol. The minimum absolute atomic E-state index is 0.260. The first-order valence-electron chi connectivity index (χ1n) is 6.99.